The Morgan fingerprint density at radius 2 is 1.93 bits per heavy atom. The van der Waals surface area contributed by atoms with Crippen LogP contribution in [-0.2, 0) is 0 Å². The molecule has 0 aliphatic rings. The molecule has 0 unspecified atom stereocenters. The maximum atomic E-state index is 12.8. The molecule has 1 aromatic carbocycles. The van der Waals surface area contributed by atoms with Crippen LogP contribution in [0.5, 0.6) is 11.6 Å². The Bertz CT molecular complexity index is 432. The van der Waals surface area contributed by atoms with Crippen LogP contribution in [0.1, 0.15) is 0 Å². The molecule has 76 valence electrons. The Hall–Kier alpha value is -1.42. The van der Waals surface area contributed by atoms with E-state index in [1.165, 1.54) is 12.1 Å². The minimum Gasteiger partial charge on any atom is -0.439 e. The first kappa shape index (κ1) is 10.1. The van der Waals surface area contributed by atoms with Crippen molar-refractivity contribution in [3.05, 3.63) is 52.9 Å². The third-order valence-electron chi connectivity index (χ3n) is 1.71. The van der Waals surface area contributed by atoms with Gasteiger partial charge >= 0.3 is 0 Å². The molecular formula is C11H7BrFNO. The molecule has 2 aromatic rings. The van der Waals surface area contributed by atoms with Crippen LogP contribution < -0.4 is 4.74 Å². The fourth-order valence-corrected chi connectivity index (χ4v) is 1.43. The van der Waals surface area contributed by atoms with E-state index in [1.54, 1.807) is 30.3 Å². The van der Waals surface area contributed by atoms with Crippen LogP contribution in [-0.4, -0.2) is 4.98 Å². The Labute approximate surface area is 94.9 Å². The number of ether oxygens (including phenoxy) is 1. The predicted octanol–water partition coefficient (Wildman–Crippen LogP) is 3.78. The molecule has 0 fully saturated rings. The minimum atomic E-state index is -0.331. The summed E-state index contributed by atoms with van der Waals surface area (Å²) in [5, 5.41) is 0. The van der Waals surface area contributed by atoms with E-state index in [0.717, 1.165) is 0 Å². The van der Waals surface area contributed by atoms with E-state index in [2.05, 4.69) is 20.9 Å². The number of aromatic nitrogens is 1. The topological polar surface area (TPSA) is 22.1 Å². The number of rotatable bonds is 2. The SMILES string of the molecule is Fc1cccc(Oc2cccc(Br)n2)c1. The molecule has 0 aliphatic carbocycles. The first-order valence-corrected chi connectivity index (χ1v) is 5.09. The zero-order chi connectivity index (χ0) is 10.7. The Morgan fingerprint density at radius 3 is 2.67 bits per heavy atom. The van der Waals surface area contributed by atoms with Gasteiger partial charge in [0, 0.05) is 12.1 Å². The Morgan fingerprint density at radius 1 is 1.13 bits per heavy atom. The van der Waals surface area contributed by atoms with E-state index in [4.69, 9.17) is 4.74 Å². The van der Waals surface area contributed by atoms with E-state index < -0.39 is 0 Å². The van der Waals surface area contributed by atoms with Gasteiger partial charge in [0.25, 0.3) is 0 Å². The molecule has 0 N–H and O–H groups in total. The molecule has 0 saturated heterocycles. The van der Waals surface area contributed by atoms with Crippen molar-refractivity contribution in [1.29, 1.82) is 0 Å². The van der Waals surface area contributed by atoms with Crippen molar-refractivity contribution in [2.75, 3.05) is 0 Å². The summed E-state index contributed by atoms with van der Waals surface area (Å²) in [7, 11) is 0. The van der Waals surface area contributed by atoms with Crippen LogP contribution >= 0.6 is 15.9 Å². The molecule has 0 spiro atoms. The fraction of sp³-hybridized carbons (Fsp3) is 0. The van der Waals surface area contributed by atoms with Crippen molar-refractivity contribution < 1.29 is 9.13 Å². The normalized spacial score (nSPS) is 10.0. The molecule has 0 saturated carbocycles. The van der Waals surface area contributed by atoms with Gasteiger partial charge in [-0.2, -0.15) is 0 Å². The van der Waals surface area contributed by atoms with Crippen molar-refractivity contribution >= 4 is 15.9 Å². The highest BCUT2D eigenvalue weighted by molar-refractivity contribution is 9.10. The first-order chi connectivity index (χ1) is 7.24. The molecule has 2 rings (SSSR count). The molecule has 0 radical (unpaired) electrons. The van der Waals surface area contributed by atoms with Crippen molar-refractivity contribution in [3.8, 4) is 11.6 Å². The lowest BCUT2D eigenvalue weighted by molar-refractivity contribution is 0.457. The van der Waals surface area contributed by atoms with Gasteiger partial charge in [0.15, 0.2) is 0 Å². The Balaban J connectivity index is 2.22. The molecular weight excluding hydrogens is 261 g/mol. The second kappa shape index (κ2) is 4.40. The van der Waals surface area contributed by atoms with Crippen molar-refractivity contribution in [2.24, 2.45) is 0 Å². The number of halogens is 2. The van der Waals surface area contributed by atoms with Crippen molar-refractivity contribution in [1.82, 2.24) is 4.98 Å². The van der Waals surface area contributed by atoms with Gasteiger partial charge in [-0.05, 0) is 34.1 Å². The molecule has 4 heteroatoms. The summed E-state index contributed by atoms with van der Waals surface area (Å²) in [5.74, 6) is 0.526. The van der Waals surface area contributed by atoms with Crippen LogP contribution in [0.15, 0.2) is 47.1 Å². The summed E-state index contributed by atoms with van der Waals surface area (Å²) in [5.41, 5.74) is 0. The molecule has 0 atom stereocenters. The second-order valence-electron chi connectivity index (χ2n) is 2.86. The first-order valence-electron chi connectivity index (χ1n) is 4.30. The van der Waals surface area contributed by atoms with Crippen LogP contribution in [0.4, 0.5) is 4.39 Å². The molecule has 0 bridgehead atoms. The van der Waals surface area contributed by atoms with E-state index >= 15 is 0 Å². The highest BCUT2D eigenvalue weighted by Crippen LogP contribution is 2.21. The molecule has 1 aromatic heterocycles. The molecule has 2 nitrogen and oxygen atoms in total. The number of pyridine rings is 1. The van der Waals surface area contributed by atoms with E-state index in [1.807, 2.05) is 0 Å². The quantitative estimate of drug-likeness (QED) is 0.773. The van der Waals surface area contributed by atoms with Gasteiger partial charge in [-0.25, -0.2) is 9.37 Å². The zero-order valence-corrected chi connectivity index (χ0v) is 9.24. The van der Waals surface area contributed by atoms with E-state index in [-0.39, 0.29) is 5.82 Å². The van der Waals surface area contributed by atoms with Gasteiger partial charge < -0.3 is 4.74 Å². The smallest absolute Gasteiger partial charge is 0.220 e. The average molecular weight is 268 g/mol. The summed E-state index contributed by atoms with van der Waals surface area (Å²) in [6.45, 7) is 0. The molecule has 15 heavy (non-hydrogen) atoms. The minimum absolute atomic E-state index is 0.331. The van der Waals surface area contributed by atoms with Gasteiger partial charge in [0.05, 0.1) is 0 Å². The number of benzene rings is 1. The second-order valence-corrected chi connectivity index (χ2v) is 3.67. The van der Waals surface area contributed by atoms with Crippen LogP contribution in [0, 0.1) is 5.82 Å². The third-order valence-corrected chi connectivity index (χ3v) is 2.15. The van der Waals surface area contributed by atoms with Gasteiger partial charge in [-0.3, -0.25) is 0 Å². The van der Waals surface area contributed by atoms with Gasteiger partial charge in [-0.15, -0.1) is 0 Å². The van der Waals surface area contributed by atoms with Crippen LogP contribution in [0.25, 0.3) is 0 Å². The van der Waals surface area contributed by atoms with E-state index in [0.29, 0.717) is 16.2 Å². The molecule has 1 heterocycles. The van der Waals surface area contributed by atoms with Gasteiger partial charge in [0.2, 0.25) is 5.88 Å². The number of hydrogen-bond acceptors (Lipinski definition) is 2. The fourth-order valence-electron chi connectivity index (χ4n) is 1.10. The summed E-state index contributed by atoms with van der Waals surface area (Å²) in [6.07, 6.45) is 0. The maximum Gasteiger partial charge on any atom is 0.220 e. The van der Waals surface area contributed by atoms with E-state index in [9.17, 15) is 4.39 Å². The van der Waals surface area contributed by atoms with Crippen molar-refractivity contribution in [3.63, 3.8) is 0 Å². The molecule has 0 aliphatic heterocycles. The van der Waals surface area contributed by atoms with Crippen LogP contribution in [0.3, 0.4) is 0 Å². The predicted molar refractivity (Wildman–Crippen MR) is 58.4 cm³/mol. The highest BCUT2D eigenvalue weighted by Gasteiger charge is 1.99. The monoisotopic (exact) mass is 267 g/mol. The Kier molecular flexibility index (Phi) is 2.97. The van der Waals surface area contributed by atoms with Crippen LogP contribution in [0.2, 0.25) is 0 Å². The van der Waals surface area contributed by atoms with Gasteiger partial charge in [0.1, 0.15) is 16.2 Å². The lowest BCUT2D eigenvalue weighted by atomic mass is 10.3. The highest BCUT2D eigenvalue weighted by atomic mass is 79.9. The number of nitrogens with zero attached hydrogens (tertiary/aromatic N) is 1. The number of hydrogen-bond donors (Lipinski definition) is 0. The zero-order valence-electron chi connectivity index (χ0n) is 7.65. The standard InChI is InChI=1S/C11H7BrFNO/c12-10-5-2-6-11(14-10)15-9-4-1-3-8(13)7-9/h1-7H. The largest absolute Gasteiger partial charge is 0.439 e. The average Bonchev–Trinajstić information content (AvgIpc) is 2.17. The summed E-state index contributed by atoms with van der Waals surface area (Å²) < 4.78 is 18.9. The lowest BCUT2D eigenvalue weighted by Crippen LogP contribution is -1.88. The van der Waals surface area contributed by atoms with Gasteiger partial charge in [-0.1, -0.05) is 12.1 Å². The summed E-state index contributed by atoms with van der Waals surface area (Å²) in [4.78, 5) is 4.07. The maximum absolute atomic E-state index is 12.8. The molecule has 0 amide bonds. The third kappa shape index (κ3) is 2.76. The van der Waals surface area contributed by atoms with Crippen molar-refractivity contribution in [2.45, 2.75) is 0 Å². The summed E-state index contributed by atoms with van der Waals surface area (Å²) in [6, 6.07) is 11.2. The lowest BCUT2D eigenvalue weighted by Gasteiger charge is -2.04. The summed E-state index contributed by atoms with van der Waals surface area (Å²) >= 11 is 3.22.